The van der Waals surface area contributed by atoms with Gasteiger partial charge in [0, 0.05) is 25.4 Å². The maximum absolute atomic E-state index is 11.9. The summed E-state index contributed by atoms with van der Waals surface area (Å²) in [6.45, 7) is 0.0944. The third-order valence-corrected chi connectivity index (χ3v) is 3.26. The lowest BCUT2D eigenvalue weighted by molar-refractivity contribution is -0.136. The summed E-state index contributed by atoms with van der Waals surface area (Å²) >= 11 is 0. The SMILES string of the molecule is NC1CCCC(CC(=O)NCCCC(F)(F)F)C1. The highest BCUT2D eigenvalue weighted by atomic mass is 19.4. The van der Waals surface area contributed by atoms with Crippen LogP contribution in [-0.4, -0.2) is 24.7 Å². The first kappa shape index (κ1) is 15.3. The summed E-state index contributed by atoms with van der Waals surface area (Å²) < 4.78 is 35.6. The molecule has 0 bridgehead atoms. The number of halogens is 3. The van der Waals surface area contributed by atoms with Gasteiger partial charge in [0.25, 0.3) is 0 Å². The predicted molar refractivity (Wildman–Crippen MR) is 62.8 cm³/mol. The lowest BCUT2D eigenvalue weighted by Crippen LogP contribution is -2.32. The number of nitrogens with two attached hydrogens (primary N) is 1. The molecule has 0 saturated heterocycles. The molecule has 106 valence electrons. The first-order chi connectivity index (χ1) is 8.37. The number of carbonyl (C=O) groups excluding carboxylic acids is 1. The molecule has 3 N–H and O–H groups in total. The van der Waals surface area contributed by atoms with Gasteiger partial charge in [-0.2, -0.15) is 13.2 Å². The van der Waals surface area contributed by atoms with E-state index < -0.39 is 12.6 Å². The standard InChI is InChI=1S/C12H21F3N2O/c13-12(14,15)5-2-6-17-11(18)8-9-3-1-4-10(16)7-9/h9-10H,1-8,16H2,(H,17,18). The third-order valence-electron chi connectivity index (χ3n) is 3.26. The molecule has 1 amide bonds. The Bertz CT molecular complexity index is 269. The fourth-order valence-electron chi connectivity index (χ4n) is 2.37. The fourth-order valence-corrected chi connectivity index (χ4v) is 2.37. The Morgan fingerprint density at radius 1 is 1.33 bits per heavy atom. The van der Waals surface area contributed by atoms with Gasteiger partial charge in [-0.1, -0.05) is 6.42 Å². The molecule has 3 nitrogen and oxygen atoms in total. The molecule has 1 fully saturated rings. The van der Waals surface area contributed by atoms with Crippen molar-refractivity contribution < 1.29 is 18.0 Å². The van der Waals surface area contributed by atoms with Crippen LogP contribution in [0, 0.1) is 5.92 Å². The Hall–Kier alpha value is -0.780. The smallest absolute Gasteiger partial charge is 0.356 e. The molecule has 0 aromatic rings. The molecule has 6 heteroatoms. The highest BCUT2D eigenvalue weighted by Gasteiger charge is 2.26. The van der Waals surface area contributed by atoms with E-state index in [-0.39, 0.29) is 30.8 Å². The third kappa shape index (κ3) is 6.83. The van der Waals surface area contributed by atoms with Crippen LogP contribution in [0.5, 0.6) is 0 Å². The summed E-state index contributed by atoms with van der Waals surface area (Å²) in [6.07, 6.45) is -0.780. The Kier molecular flexibility index (Phi) is 5.91. The van der Waals surface area contributed by atoms with E-state index >= 15 is 0 Å². The van der Waals surface area contributed by atoms with Gasteiger partial charge in [-0.3, -0.25) is 4.79 Å². The van der Waals surface area contributed by atoms with Crippen LogP contribution >= 0.6 is 0 Å². The van der Waals surface area contributed by atoms with Crippen molar-refractivity contribution in [2.45, 2.75) is 57.2 Å². The van der Waals surface area contributed by atoms with Crippen molar-refractivity contribution in [3.05, 3.63) is 0 Å². The van der Waals surface area contributed by atoms with Crippen LogP contribution < -0.4 is 11.1 Å². The molecule has 0 heterocycles. The van der Waals surface area contributed by atoms with Crippen molar-refractivity contribution in [2.75, 3.05) is 6.54 Å². The molecule has 18 heavy (non-hydrogen) atoms. The van der Waals surface area contributed by atoms with Gasteiger partial charge >= 0.3 is 6.18 Å². The van der Waals surface area contributed by atoms with E-state index in [1.807, 2.05) is 0 Å². The molecule has 0 aliphatic heterocycles. The number of nitrogens with one attached hydrogen (secondary N) is 1. The van der Waals surface area contributed by atoms with E-state index in [1.165, 1.54) is 0 Å². The number of amides is 1. The summed E-state index contributed by atoms with van der Waals surface area (Å²) in [4.78, 5) is 11.5. The van der Waals surface area contributed by atoms with E-state index in [0.717, 1.165) is 25.7 Å². The zero-order valence-electron chi connectivity index (χ0n) is 10.4. The normalized spacial score (nSPS) is 24.9. The van der Waals surface area contributed by atoms with Crippen LogP contribution in [0.3, 0.4) is 0 Å². The van der Waals surface area contributed by atoms with Crippen molar-refractivity contribution in [3.63, 3.8) is 0 Å². The Balaban J connectivity index is 2.10. The molecule has 1 saturated carbocycles. The van der Waals surface area contributed by atoms with Gasteiger partial charge in [0.2, 0.25) is 5.91 Å². The number of carbonyl (C=O) groups is 1. The van der Waals surface area contributed by atoms with Crippen LogP contribution in [0.2, 0.25) is 0 Å². The molecule has 2 atom stereocenters. The highest BCUT2D eigenvalue weighted by molar-refractivity contribution is 5.76. The highest BCUT2D eigenvalue weighted by Crippen LogP contribution is 2.25. The summed E-state index contributed by atoms with van der Waals surface area (Å²) in [6, 6.07) is 0.168. The van der Waals surface area contributed by atoms with E-state index in [0.29, 0.717) is 6.42 Å². The number of rotatable bonds is 5. The van der Waals surface area contributed by atoms with Gasteiger partial charge in [0.1, 0.15) is 0 Å². The molecular weight excluding hydrogens is 245 g/mol. The second-order valence-electron chi connectivity index (χ2n) is 5.07. The van der Waals surface area contributed by atoms with Crippen LogP contribution in [-0.2, 0) is 4.79 Å². The first-order valence-electron chi connectivity index (χ1n) is 6.46. The first-order valence-corrected chi connectivity index (χ1v) is 6.46. The molecule has 0 radical (unpaired) electrons. The molecular formula is C12H21F3N2O. The van der Waals surface area contributed by atoms with Crippen molar-refractivity contribution in [2.24, 2.45) is 11.7 Å². The maximum atomic E-state index is 11.9. The van der Waals surface area contributed by atoms with E-state index in [2.05, 4.69) is 5.32 Å². The minimum Gasteiger partial charge on any atom is -0.356 e. The average Bonchev–Trinajstić information content (AvgIpc) is 2.23. The topological polar surface area (TPSA) is 55.1 Å². The van der Waals surface area contributed by atoms with E-state index in [9.17, 15) is 18.0 Å². The zero-order valence-corrected chi connectivity index (χ0v) is 10.4. The summed E-state index contributed by atoms with van der Waals surface area (Å²) in [5, 5.41) is 2.54. The van der Waals surface area contributed by atoms with Gasteiger partial charge in [-0.25, -0.2) is 0 Å². The van der Waals surface area contributed by atoms with Gasteiger partial charge in [0.05, 0.1) is 0 Å². The molecule has 0 aromatic carbocycles. The van der Waals surface area contributed by atoms with Crippen LogP contribution in [0.4, 0.5) is 13.2 Å². The molecule has 0 spiro atoms. The zero-order chi connectivity index (χ0) is 13.6. The lowest BCUT2D eigenvalue weighted by Gasteiger charge is -2.26. The minimum atomic E-state index is -4.14. The Morgan fingerprint density at radius 2 is 2.06 bits per heavy atom. The van der Waals surface area contributed by atoms with E-state index in [1.54, 1.807) is 0 Å². The molecule has 2 unspecified atom stereocenters. The lowest BCUT2D eigenvalue weighted by atomic mass is 9.84. The maximum Gasteiger partial charge on any atom is 0.389 e. The van der Waals surface area contributed by atoms with E-state index in [4.69, 9.17) is 5.73 Å². The number of hydrogen-bond donors (Lipinski definition) is 2. The van der Waals surface area contributed by atoms with Crippen molar-refractivity contribution in [1.82, 2.24) is 5.32 Å². The molecule has 1 aliphatic rings. The van der Waals surface area contributed by atoms with Gasteiger partial charge in [0.15, 0.2) is 0 Å². The fraction of sp³-hybridized carbons (Fsp3) is 0.917. The predicted octanol–water partition coefficient (Wildman–Crippen LogP) is 2.35. The number of alkyl halides is 3. The number of hydrogen-bond acceptors (Lipinski definition) is 2. The quantitative estimate of drug-likeness (QED) is 0.750. The van der Waals surface area contributed by atoms with Crippen LogP contribution in [0.15, 0.2) is 0 Å². The Labute approximate surface area is 105 Å². The summed E-state index contributed by atoms with van der Waals surface area (Å²) in [5.41, 5.74) is 5.81. The second-order valence-corrected chi connectivity index (χ2v) is 5.07. The van der Waals surface area contributed by atoms with Crippen LogP contribution in [0.25, 0.3) is 0 Å². The monoisotopic (exact) mass is 266 g/mol. The average molecular weight is 266 g/mol. The van der Waals surface area contributed by atoms with Crippen LogP contribution in [0.1, 0.15) is 44.9 Å². The molecule has 1 aliphatic carbocycles. The minimum absolute atomic E-state index is 0.0561. The largest absolute Gasteiger partial charge is 0.389 e. The van der Waals surface area contributed by atoms with Crippen molar-refractivity contribution in [3.8, 4) is 0 Å². The second kappa shape index (κ2) is 6.97. The molecule has 1 rings (SSSR count). The van der Waals surface area contributed by atoms with Gasteiger partial charge in [-0.15, -0.1) is 0 Å². The molecule has 0 aromatic heterocycles. The summed E-state index contributed by atoms with van der Waals surface area (Å²) in [7, 11) is 0. The van der Waals surface area contributed by atoms with Crippen molar-refractivity contribution in [1.29, 1.82) is 0 Å². The van der Waals surface area contributed by atoms with Gasteiger partial charge in [-0.05, 0) is 31.6 Å². The Morgan fingerprint density at radius 3 is 2.67 bits per heavy atom. The van der Waals surface area contributed by atoms with Gasteiger partial charge < -0.3 is 11.1 Å². The summed E-state index contributed by atoms with van der Waals surface area (Å²) in [5.74, 6) is 0.132. The van der Waals surface area contributed by atoms with Crippen molar-refractivity contribution >= 4 is 5.91 Å².